The van der Waals surface area contributed by atoms with Gasteiger partial charge in [0.15, 0.2) is 5.82 Å². The standard InChI is InChI=1S/C22H30N6.C20H23N5O2/c1-21(2)12-17(13-22(3,4)26-21)28(6)20-10-9-18(23-24-20)15-7-8-19-16(11-15)14-27(5)25-19;1-13-10-16(11-14(2)22-13)27-20-7-6-18(23-24-20)17-5-4-15(12-19(17)26)25-9-3-8-21-25/h7-11,14,17,26H,12-13H2,1-6H3;3-9,12-14,16,22,26H,10-11H2,1-2H3. The summed E-state index contributed by atoms with van der Waals surface area (Å²) in [4.78, 5) is 2.28. The Morgan fingerprint density at radius 3 is 2.22 bits per heavy atom. The van der Waals surface area contributed by atoms with Gasteiger partial charge in [-0.1, -0.05) is 6.07 Å². The zero-order valence-electron chi connectivity index (χ0n) is 33.1. The van der Waals surface area contributed by atoms with Crippen LogP contribution in [0.3, 0.4) is 0 Å². The van der Waals surface area contributed by atoms with Crippen molar-refractivity contribution in [3.05, 3.63) is 85.3 Å². The summed E-state index contributed by atoms with van der Waals surface area (Å²) in [7, 11) is 4.07. The van der Waals surface area contributed by atoms with E-state index in [1.807, 2.05) is 54.5 Å². The Morgan fingerprint density at radius 1 is 0.855 bits per heavy atom. The number of hydrogen-bond donors (Lipinski definition) is 3. The molecule has 2 atom stereocenters. The van der Waals surface area contributed by atoms with Crippen LogP contribution >= 0.6 is 0 Å². The number of nitrogens with one attached hydrogen (secondary N) is 2. The first-order chi connectivity index (χ1) is 26.2. The topological polar surface area (TPSA) is 144 Å². The third-order valence-corrected chi connectivity index (χ3v) is 10.4. The van der Waals surface area contributed by atoms with Crippen molar-refractivity contribution in [2.45, 2.75) is 103 Å². The van der Waals surface area contributed by atoms with Crippen LogP contribution in [0.15, 0.2) is 85.3 Å². The lowest BCUT2D eigenvalue weighted by Crippen LogP contribution is -2.62. The maximum absolute atomic E-state index is 10.4. The molecule has 2 fully saturated rings. The quantitative estimate of drug-likeness (QED) is 0.160. The van der Waals surface area contributed by atoms with Crippen molar-refractivity contribution in [3.63, 3.8) is 0 Å². The smallest absolute Gasteiger partial charge is 0.233 e. The molecule has 288 valence electrons. The molecule has 0 saturated carbocycles. The molecule has 3 N–H and O–H groups in total. The number of ether oxygens (including phenoxy) is 1. The highest BCUT2D eigenvalue weighted by Gasteiger charge is 2.39. The summed E-state index contributed by atoms with van der Waals surface area (Å²) in [5.41, 5.74) is 5.14. The molecule has 2 aromatic carbocycles. The molecular formula is C42H53N11O2. The number of anilines is 1. The van der Waals surface area contributed by atoms with E-state index in [0.29, 0.717) is 35.3 Å². The molecule has 0 bridgehead atoms. The third-order valence-electron chi connectivity index (χ3n) is 10.4. The zero-order chi connectivity index (χ0) is 38.9. The van der Waals surface area contributed by atoms with Crippen LogP contribution in [0.1, 0.15) is 67.2 Å². The monoisotopic (exact) mass is 743 g/mol. The number of aromatic nitrogens is 8. The summed E-state index contributed by atoms with van der Waals surface area (Å²) in [6.07, 6.45) is 9.73. The summed E-state index contributed by atoms with van der Waals surface area (Å²) in [5.74, 6) is 1.56. The van der Waals surface area contributed by atoms with Gasteiger partial charge in [-0.25, -0.2) is 4.68 Å². The fourth-order valence-corrected chi connectivity index (χ4v) is 8.31. The lowest BCUT2D eigenvalue weighted by atomic mass is 9.79. The van der Waals surface area contributed by atoms with E-state index in [9.17, 15) is 5.11 Å². The van der Waals surface area contributed by atoms with E-state index in [0.717, 1.165) is 59.3 Å². The van der Waals surface area contributed by atoms with Crippen molar-refractivity contribution < 1.29 is 9.84 Å². The highest BCUT2D eigenvalue weighted by atomic mass is 16.5. The number of phenolic OH excluding ortho intramolecular Hbond substituents is 1. The Balaban J connectivity index is 0.000000169. The van der Waals surface area contributed by atoms with Crippen LogP contribution < -0.4 is 20.3 Å². The van der Waals surface area contributed by atoms with E-state index in [1.165, 1.54) is 0 Å². The summed E-state index contributed by atoms with van der Waals surface area (Å²) < 4.78 is 9.52. The predicted molar refractivity (Wildman–Crippen MR) is 216 cm³/mol. The second-order valence-corrected chi connectivity index (χ2v) is 16.5. The molecule has 4 aromatic heterocycles. The van der Waals surface area contributed by atoms with Crippen molar-refractivity contribution in [2.75, 3.05) is 11.9 Å². The second-order valence-electron chi connectivity index (χ2n) is 16.5. The molecule has 2 saturated heterocycles. The third kappa shape index (κ3) is 9.12. The highest BCUT2D eigenvalue weighted by Crippen LogP contribution is 2.33. The molecule has 2 aliphatic heterocycles. The largest absolute Gasteiger partial charge is 0.507 e. The molecule has 0 amide bonds. The van der Waals surface area contributed by atoms with E-state index >= 15 is 0 Å². The van der Waals surface area contributed by atoms with Crippen LogP contribution in [0.4, 0.5) is 5.82 Å². The van der Waals surface area contributed by atoms with E-state index in [-0.39, 0.29) is 22.9 Å². The number of rotatable bonds is 7. The molecule has 6 aromatic rings. The van der Waals surface area contributed by atoms with Crippen LogP contribution in [0.25, 0.3) is 39.1 Å². The van der Waals surface area contributed by atoms with Gasteiger partial charge in [0.05, 0.1) is 22.6 Å². The van der Waals surface area contributed by atoms with Crippen LogP contribution in [-0.4, -0.2) is 87.4 Å². The molecule has 0 aliphatic carbocycles. The summed E-state index contributed by atoms with van der Waals surface area (Å²) in [6, 6.07) is 22.4. The molecule has 0 radical (unpaired) electrons. The number of hydrogen-bond acceptors (Lipinski definition) is 11. The predicted octanol–water partition coefficient (Wildman–Crippen LogP) is 6.72. The van der Waals surface area contributed by atoms with Gasteiger partial charge in [-0.15, -0.1) is 20.4 Å². The van der Waals surface area contributed by atoms with E-state index < -0.39 is 0 Å². The van der Waals surface area contributed by atoms with Crippen molar-refractivity contribution >= 4 is 16.7 Å². The van der Waals surface area contributed by atoms with Crippen LogP contribution in [0, 0.1) is 0 Å². The Kier molecular flexibility index (Phi) is 10.6. The van der Waals surface area contributed by atoms with Crippen molar-refractivity contribution in [2.24, 2.45) is 7.05 Å². The van der Waals surface area contributed by atoms with Crippen LogP contribution in [-0.2, 0) is 7.05 Å². The van der Waals surface area contributed by atoms with Crippen molar-refractivity contribution in [1.29, 1.82) is 0 Å². The van der Waals surface area contributed by atoms with Gasteiger partial charge in [0, 0.05) is 90.5 Å². The van der Waals surface area contributed by atoms with E-state index in [2.05, 4.69) is 119 Å². The molecule has 13 nitrogen and oxygen atoms in total. The number of benzene rings is 2. The minimum Gasteiger partial charge on any atom is -0.507 e. The number of aromatic hydroxyl groups is 1. The Bertz CT molecular complexity index is 2170. The Hall–Kier alpha value is -5.40. The maximum Gasteiger partial charge on any atom is 0.233 e. The molecule has 6 heterocycles. The van der Waals surface area contributed by atoms with Gasteiger partial charge in [0.1, 0.15) is 11.9 Å². The van der Waals surface area contributed by atoms with Gasteiger partial charge < -0.3 is 25.4 Å². The SMILES string of the molecule is CC1CC(Oc2ccc(-c3ccc(-n4cccn4)cc3O)nn2)CC(C)N1.CN(c1ccc(-c2ccc3nn(C)cc3c2)nn1)C1CC(C)(C)NC(C)(C)C1. The number of nitrogens with zero attached hydrogens (tertiary/aromatic N) is 9. The van der Waals surface area contributed by atoms with Gasteiger partial charge in [0.25, 0.3) is 0 Å². The minimum atomic E-state index is 0.104. The zero-order valence-corrected chi connectivity index (χ0v) is 33.1. The average molecular weight is 744 g/mol. The number of aryl methyl sites for hydroxylation is 1. The fraction of sp³-hybridized carbons (Fsp3) is 0.429. The van der Waals surface area contributed by atoms with Crippen LogP contribution in [0.5, 0.6) is 11.6 Å². The normalized spacial score (nSPS) is 20.8. The molecule has 2 aliphatic rings. The van der Waals surface area contributed by atoms with Gasteiger partial charge >= 0.3 is 0 Å². The second kappa shape index (κ2) is 15.4. The van der Waals surface area contributed by atoms with Gasteiger partial charge in [-0.3, -0.25) is 4.68 Å². The van der Waals surface area contributed by atoms with E-state index in [4.69, 9.17) is 4.74 Å². The lowest BCUT2D eigenvalue weighted by Gasteiger charge is -2.49. The average Bonchev–Trinajstić information content (AvgIpc) is 3.80. The molecule has 0 spiro atoms. The van der Waals surface area contributed by atoms with E-state index in [1.54, 1.807) is 23.0 Å². The molecule has 8 rings (SSSR count). The van der Waals surface area contributed by atoms with Gasteiger partial charge in [0.2, 0.25) is 5.88 Å². The van der Waals surface area contributed by atoms with Crippen LogP contribution in [0.2, 0.25) is 0 Å². The highest BCUT2D eigenvalue weighted by molar-refractivity contribution is 5.83. The first-order valence-electron chi connectivity index (χ1n) is 19.1. The first kappa shape index (κ1) is 37.9. The summed E-state index contributed by atoms with van der Waals surface area (Å²) in [6.45, 7) is 13.4. The molecular weight excluding hydrogens is 691 g/mol. The Labute approximate surface area is 323 Å². The van der Waals surface area contributed by atoms with Gasteiger partial charge in [-0.2, -0.15) is 10.2 Å². The Morgan fingerprint density at radius 2 is 1.58 bits per heavy atom. The lowest BCUT2D eigenvalue weighted by molar-refractivity contribution is 0.117. The fourth-order valence-electron chi connectivity index (χ4n) is 8.31. The van der Waals surface area contributed by atoms with Crippen molar-refractivity contribution in [3.8, 4) is 39.8 Å². The molecule has 55 heavy (non-hydrogen) atoms. The molecule has 2 unspecified atom stereocenters. The summed E-state index contributed by atoms with van der Waals surface area (Å²) in [5, 5.41) is 44.8. The summed E-state index contributed by atoms with van der Waals surface area (Å²) >= 11 is 0. The number of fused-ring (bicyclic) bond motifs is 1. The number of phenols is 1. The first-order valence-corrected chi connectivity index (χ1v) is 19.1. The minimum absolute atomic E-state index is 0.104. The molecule has 13 heteroatoms. The van der Waals surface area contributed by atoms with Crippen molar-refractivity contribution in [1.82, 2.24) is 50.6 Å². The maximum atomic E-state index is 10.4. The van der Waals surface area contributed by atoms with Gasteiger partial charge in [-0.05, 0) is 116 Å². The number of piperidine rings is 2.